The van der Waals surface area contributed by atoms with Crippen LogP contribution in [0.4, 0.5) is 4.39 Å². The molecule has 2 heterocycles. The van der Waals surface area contributed by atoms with Crippen LogP contribution in [0.5, 0.6) is 5.75 Å². The van der Waals surface area contributed by atoms with Gasteiger partial charge in [-0.3, -0.25) is 4.79 Å². The van der Waals surface area contributed by atoms with Crippen LogP contribution in [0.2, 0.25) is 5.02 Å². The fourth-order valence-electron chi connectivity index (χ4n) is 3.76. The van der Waals surface area contributed by atoms with Crippen LogP contribution in [0.25, 0.3) is 0 Å². The van der Waals surface area contributed by atoms with Gasteiger partial charge in [0.25, 0.3) is 5.91 Å². The SMILES string of the molecule is O=C(c1ccc(F)cc1Cl)N1CCC2(CCc3ccccc3O2)CC1. The Labute approximate surface area is 151 Å². The summed E-state index contributed by atoms with van der Waals surface area (Å²) in [5.41, 5.74) is 1.43. The topological polar surface area (TPSA) is 29.5 Å². The maximum absolute atomic E-state index is 13.2. The predicted molar refractivity (Wildman–Crippen MR) is 94.7 cm³/mol. The maximum atomic E-state index is 13.2. The quantitative estimate of drug-likeness (QED) is 0.751. The number of para-hydroxylation sites is 1. The van der Waals surface area contributed by atoms with Crippen molar-refractivity contribution in [1.82, 2.24) is 4.90 Å². The van der Waals surface area contributed by atoms with Crippen molar-refractivity contribution in [2.45, 2.75) is 31.3 Å². The molecule has 1 saturated heterocycles. The molecule has 2 aromatic carbocycles. The van der Waals surface area contributed by atoms with E-state index in [0.717, 1.165) is 31.4 Å². The number of aryl methyl sites for hydroxylation is 1. The first-order chi connectivity index (χ1) is 12.1. The number of nitrogens with zero attached hydrogens (tertiary/aromatic N) is 1. The van der Waals surface area contributed by atoms with Crippen molar-refractivity contribution in [3.63, 3.8) is 0 Å². The normalized spacial score (nSPS) is 18.6. The summed E-state index contributed by atoms with van der Waals surface area (Å²) in [7, 11) is 0. The van der Waals surface area contributed by atoms with E-state index in [0.29, 0.717) is 18.7 Å². The number of ether oxygens (including phenoxy) is 1. The van der Waals surface area contributed by atoms with Crippen molar-refractivity contribution in [3.8, 4) is 5.75 Å². The lowest BCUT2D eigenvalue weighted by molar-refractivity contribution is -0.0106. The van der Waals surface area contributed by atoms with Crippen LogP contribution in [-0.2, 0) is 6.42 Å². The average Bonchev–Trinajstić information content (AvgIpc) is 2.62. The molecule has 0 aliphatic carbocycles. The molecule has 2 aliphatic heterocycles. The standard InChI is InChI=1S/C20H19ClFNO2/c21-17-13-15(22)5-6-16(17)19(24)23-11-9-20(10-12-23)8-7-14-3-1-2-4-18(14)25-20/h1-6,13H,7-12H2. The molecule has 5 heteroatoms. The van der Waals surface area contributed by atoms with Crippen LogP contribution < -0.4 is 4.74 Å². The van der Waals surface area contributed by atoms with Crippen molar-refractivity contribution >= 4 is 17.5 Å². The molecule has 1 amide bonds. The van der Waals surface area contributed by atoms with E-state index in [1.54, 1.807) is 4.90 Å². The number of carbonyl (C=O) groups is 1. The van der Waals surface area contributed by atoms with Gasteiger partial charge in [0.05, 0.1) is 10.6 Å². The van der Waals surface area contributed by atoms with Gasteiger partial charge in [-0.25, -0.2) is 4.39 Å². The Hall–Kier alpha value is -2.07. The fraction of sp³-hybridized carbons (Fsp3) is 0.350. The predicted octanol–water partition coefficient (Wildman–Crippen LogP) is 4.48. The molecule has 25 heavy (non-hydrogen) atoms. The summed E-state index contributed by atoms with van der Waals surface area (Å²) >= 11 is 6.03. The molecule has 2 aromatic rings. The summed E-state index contributed by atoms with van der Waals surface area (Å²) in [5, 5.41) is 0.160. The van der Waals surface area contributed by atoms with E-state index < -0.39 is 5.82 Å². The first kappa shape index (κ1) is 16.4. The summed E-state index contributed by atoms with van der Waals surface area (Å²) < 4.78 is 19.5. The number of carbonyl (C=O) groups excluding carboxylic acids is 1. The molecule has 0 atom stereocenters. The summed E-state index contributed by atoms with van der Waals surface area (Å²) in [6.45, 7) is 1.24. The summed E-state index contributed by atoms with van der Waals surface area (Å²) in [4.78, 5) is 14.5. The van der Waals surface area contributed by atoms with E-state index >= 15 is 0 Å². The number of piperidine rings is 1. The van der Waals surface area contributed by atoms with Gasteiger partial charge < -0.3 is 9.64 Å². The molecule has 130 valence electrons. The smallest absolute Gasteiger partial charge is 0.255 e. The van der Waals surface area contributed by atoms with E-state index in [9.17, 15) is 9.18 Å². The highest BCUT2D eigenvalue weighted by atomic mass is 35.5. The summed E-state index contributed by atoms with van der Waals surface area (Å²) in [6, 6.07) is 12.1. The zero-order valence-electron chi connectivity index (χ0n) is 13.8. The van der Waals surface area contributed by atoms with Crippen molar-refractivity contribution in [2.75, 3.05) is 13.1 Å². The van der Waals surface area contributed by atoms with E-state index in [1.807, 2.05) is 18.2 Å². The molecule has 2 aliphatic rings. The molecule has 0 saturated carbocycles. The molecule has 4 rings (SSSR count). The Kier molecular flexibility index (Phi) is 4.16. The Morgan fingerprint density at radius 1 is 1.12 bits per heavy atom. The third-order valence-electron chi connectivity index (χ3n) is 5.27. The van der Waals surface area contributed by atoms with Gasteiger partial charge in [0, 0.05) is 25.9 Å². The lowest BCUT2D eigenvalue weighted by atomic mass is 9.83. The number of amides is 1. The lowest BCUT2D eigenvalue weighted by Crippen LogP contribution is -2.51. The van der Waals surface area contributed by atoms with Gasteiger partial charge in [-0.05, 0) is 42.7 Å². The Morgan fingerprint density at radius 2 is 1.88 bits per heavy atom. The van der Waals surface area contributed by atoms with Crippen LogP contribution >= 0.6 is 11.6 Å². The second-order valence-electron chi connectivity index (χ2n) is 6.81. The molecule has 0 radical (unpaired) electrons. The summed E-state index contributed by atoms with van der Waals surface area (Å²) in [6.07, 6.45) is 3.58. The van der Waals surface area contributed by atoms with Gasteiger partial charge in [-0.1, -0.05) is 29.8 Å². The van der Waals surface area contributed by atoms with Crippen LogP contribution in [0, 0.1) is 5.82 Å². The van der Waals surface area contributed by atoms with Gasteiger partial charge in [-0.15, -0.1) is 0 Å². The third-order valence-corrected chi connectivity index (χ3v) is 5.59. The third kappa shape index (κ3) is 3.11. The zero-order chi connectivity index (χ0) is 17.4. The second kappa shape index (κ2) is 6.34. The van der Waals surface area contributed by atoms with Gasteiger partial charge in [-0.2, -0.15) is 0 Å². The van der Waals surface area contributed by atoms with E-state index in [-0.39, 0.29) is 16.5 Å². The van der Waals surface area contributed by atoms with Crippen LogP contribution in [0.1, 0.15) is 35.2 Å². The molecular weight excluding hydrogens is 341 g/mol. The Bertz CT molecular complexity index is 815. The van der Waals surface area contributed by atoms with E-state index in [2.05, 4.69) is 6.07 Å². The van der Waals surface area contributed by atoms with Gasteiger partial charge in [0.1, 0.15) is 17.2 Å². The molecule has 0 bridgehead atoms. The number of benzene rings is 2. The van der Waals surface area contributed by atoms with Crippen LogP contribution in [0.15, 0.2) is 42.5 Å². The molecule has 0 N–H and O–H groups in total. The number of rotatable bonds is 1. The first-order valence-corrected chi connectivity index (χ1v) is 8.95. The number of fused-ring (bicyclic) bond motifs is 1. The van der Waals surface area contributed by atoms with Gasteiger partial charge >= 0.3 is 0 Å². The van der Waals surface area contributed by atoms with Gasteiger partial charge in [0.2, 0.25) is 0 Å². The minimum atomic E-state index is -0.437. The molecule has 1 spiro atoms. The van der Waals surface area contributed by atoms with E-state index in [4.69, 9.17) is 16.3 Å². The lowest BCUT2D eigenvalue weighted by Gasteiger charge is -2.44. The number of likely N-dealkylation sites (tertiary alicyclic amines) is 1. The molecule has 3 nitrogen and oxygen atoms in total. The molecule has 1 fully saturated rings. The average molecular weight is 360 g/mol. The second-order valence-corrected chi connectivity index (χ2v) is 7.22. The van der Waals surface area contributed by atoms with Crippen molar-refractivity contribution < 1.29 is 13.9 Å². The zero-order valence-corrected chi connectivity index (χ0v) is 14.6. The van der Waals surface area contributed by atoms with Gasteiger partial charge in [0.15, 0.2) is 0 Å². The number of hydrogen-bond donors (Lipinski definition) is 0. The number of halogens is 2. The minimum absolute atomic E-state index is 0.143. The fourth-order valence-corrected chi connectivity index (χ4v) is 4.01. The van der Waals surface area contributed by atoms with Crippen molar-refractivity contribution in [2.24, 2.45) is 0 Å². The highest BCUT2D eigenvalue weighted by Gasteiger charge is 2.40. The van der Waals surface area contributed by atoms with Crippen LogP contribution in [-0.4, -0.2) is 29.5 Å². The molecule has 0 aromatic heterocycles. The van der Waals surface area contributed by atoms with Crippen molar-refractivity contribution in [1.29, 1.82) is 0 Å². The first-order valence-electron chi connectivity index (χ1n) is 8.58. The highest BCUT2D eigenvalue weighted by Crippen LogP contribution is 2.39. The van der Waals surface area contributed by atoms with E-state index in [1.165, 1.54) is 23.8 Å². The van der Waals surface area contributed by atoms with Crippen molar-refractivity contribution in [3.05, 3.63) is 64.4 Å². The van der Waals surface area contributed by atoms with Crippen LogP contribution in [0.3, 0.4) is 0 Å². The molecule has 0 unspecified atom stereocenters. The largest absolute Gasteiger partial charge is 0.487 e. The Balaban J connectivity index is 1.46. The minimum Gasteiger partial charge on any atom is -0.487 e. The molecular formula is C20H19ClFNO2. The highest BCUT2D eigenvalue weighted by molar-refractivity contribution is 6.33. The Morgan fingerprint density at radius 3 is 2.64 bits per heavy atom. The number of hydrogen-bond acceptors (Lipinski definition) is 2. The summed E-state index contributed by atoms with van der Waals surface area (Å²) in [5.74, 6) is 0.389. The monoisotopic (exact) mass is 359 g/mol. The maximum Gasteiger partial charge on any atom is 0.255 e.